The first-order chi connectivity index (χ1) is 13.3. The van der Waals surface area contributed by atoms with Crippen LogP contribution in [0.25, 0.3) is 0 Å². The average Bonchev–Trinajstić information content (AvgIpc) is 2.67. The lowest BCUT2D eigenvalue weighted by Gasteiger charge is -2.34. The molecule has 28 heavy (non-hydrogen) atoms. The second-order valence-electron chi connectivity index (χ2n) is 6.46. The minimum atomic E-state index is -3.63. The molecule has 2 aromatic carbocycles. The average molecular weight is 445 g/mol. The van der Waals surface area contributed by atoms with Crippen LogP contribution in [-0.2, 0) is 16.6 Å². The molecule has 6 nitrogen and oxygen atoms in total. The normalized spacial score (nSPS) is 16.1. The zero-order chi connectivity index (χ0) is 20.3. The van der Waals surface area contributed by atoms with Gasteiger partial charge in [-0.1, -0.05) is 23.2 Å². The fraction of sp³-hybridized carbons (Fsp3) is 0.368. The van der Waals surface area contributed by atoms with E-state index in [1.807, 2.05) is 18.2 Å². The number of hydrogen-bond acceptors (Lipinski definition) is 5. The Labute approximate surface area is 175 Å². The standard InChI is InChI=1S/C19H22Cl2N2O4S/c1-26-17-3-4-19(27-2)14(9-17)13-22-5-7-23(8-6-22)28(24,25)18-11-15(20)10-16(21)12-18/h3-4,9-12H,5-8,13H2,1-2H3. The predicted octanol–water partition coefficient (Wildman–Crippen LogP) is 3.52. The van der Waals surface area contributed by atoms with Crippen molar-refractivity contribution in [2.45, 2.75) is 11.4 Å². The van der Waals surface area contributed by atoms with Crippen LogP contribution in [0.3, 0.4) is 0 Å². The summed E-state index contributed by atoms with van der Waals surface area (Å²) in [6.07, 6.45) is 0. The summed E-state index contributed by atoms with van der Waals surface area (Å²) in [6.45, 7) is 2.64. The fourth-order valence-corrected chi connectivity index (χ4v) is 5.35. The Kier molecular flexibility index (Phi) is 6.73. The number of rotatable bonds is 6. The Balaban J connectivity index is 1.69. The summed E-state index contributed by atoms with van der Waals surface area (Å²) in [5.41, 5.74) is 1.000. The molecule has 0 spiro atoms. The molecule has 0 N–H and O–H groups in total. The lowest BCUT2D eigenvalue weighted by Crippen LogP contribution is -2.48. The second-order valence-corrected chi connectivity index (χ2v) is 9.27. The molecule has 0 saturated carbocycles. The smallest absolute Gasteiger partial charge is 0.243 e. The maximum absolute atomic E-state index is 12.9. The summed E-state index contributed by atoms with van der Waals surface area (Å²) in [7, 11) is -0.380. The minimum Gasteiger partial charge on any atom is -0.497 e. The largest absolute Gasteiger partial charge is 0.497 e. The van der Waals surface area contributed by atoms with Crippen LogP contribution in [0.4, 0.5) is 0 Å². The monoisotopic (exact) mass is 444 g/mol. The number of piperazine rings is 1. The second kappa shape index (κ2) is 8.88. The van der Waals surface area contributed by atoms with Crippen molar-refractivity contribution in [3.8, 4) is 11.5 Å². The first kappa shape index (κ1) is 21.2. The fourth-order valence-electron chi connectivity index (χ4n) is 3.20. The lowest BCUT2D eigenvalue weighted by atomic mass is 10.1. The van der Waals surface area contributed by atoms with Gasteiger partial charge in [0.1, 0.15) is 11.5 Å². The van der Waals surface area contributed by atoms with Crippen LogP contribution in [0, 0.1) is 0 Å². The van der Waals surface area contributed by atoms with Gasteiger partial charge < -0.3 is 9.47 Å². The van der Waals surface area contributed by atoms with E-state index in [9.17, 15) is 8.42 Å². The van der Waals surface area contributed by atoms with Crippen molar-refractivity contribution < 1.29 is 17.9 Å². The van der Waals surface area contributed by atoms with Gasteiger partial charge in [0.2, 0.25) is 10.0 Å². The number of methoxy groups -OCH3 is 2. The number of benzene rings is 2. The maximum atomic E-state index is 12.9. The number of nitrogens with zero attached hydrogens (tertiary/aromatic N) is 2. The maximum Gasteiger partial charge on any atom is 0.243 e. The summed E-state index contributed by atoms with van der Waals surface area (Å²) < 4.78 is 38.0. The number of ether oxygens (including phenoxy) is 2. The van der Waals surface area contributed by atoms with Crippen LogP contribution in [0.5, 0.6) is 11.5 Å². The molecule has 1 fully saturated rings. The lowest BCUT2D eigenvalue weighted by molar-refractivity contribution is 0.180. The zero-order valence-electron chi connectivity index (χ0n) is 15.7. The highest BCUT2D eigenvalue weighted by Gasteiger charge is 2.29. The van der Waals surface area contributed by atoms with Gasteiger partial charge in [-0.2, -0.15) is 4.31 Å². The Bertz CT molecular complexity index is 925. The van der Waals surface area contributed by atoms with E-state index in [0.717, 1.165) is 17.1 Å². The molecule has 0 bridgehead atoms. The van der Waals surface area contributed by atoms with Gasteiger partial charge in [-0.15, -0.1) is 0 Å². The van der Waals surface area contributed by atoms with Gasteiger partial charge in [-0.05, 0) is 36.4 Å². The van der Waals surface area contributed by atoms with Crippen LogP contribution < -0.4 is 9.47 Å². The van der Waals surface area contributed by atoms with Gasteiger partial charge in [0, 0.05) is 48.3 Å². The Morgan fingerprint density at radius 3 is 2.14 bits per heavy atom. The molecule has 9 heteroatoms. The third-order valence-electron chi connectivity index (χ3n) is 4.69. The molecule has 152 valence electrons. The Morgan fingerprint density at radius 1 is 0.929 bits per heavy atom. The molecule has 1 heterocycles. The molecule has 0 aliphatic carbocycles. The van der Waals surface area contributed by atoms with Crippen molar-refractivity contribution >= 4 is 33.2 Å². The third kappa shape index (κ3) is 4.72. The van der Waals surface area contributed by atoms with Gasteiger partial charge in [0.25, 0.3) is 0 Å². The topological polar surface area (TPSA) is 59.1 Å². The highest BCUT2D eigenvalue weighted by atomic mass is 35.5. The molecular weight excluding hydrogens is 423 g/mol. The van der Waals surface area contributed by atoms with Crippen LogP contribution in [0.1, 0.15) is 5.56 Å². The molecule has 1 aliphatic heterocycles. The highest BCUT2D eigenvalue weighted by molar-refractivity contribution is 7.89. The highest BCUT2D eigenvalue weighted by Crippen LogP contribution is 2.28. The quantitative estimate of drug-likeness (QED) is 0.681. The van der Waals surface area contributed by atoms with E-state index in [1.165, 1.54) is 22.5 Å². The molecule has 1 saturated heterocycles. The number of halogens is 2. The van der Waals surface area contributed by atoms with Gasteiger partial charge >= 0.3 is 0 Å². The molecule has 1 aliphatic rings. The van der Waals surface area contributed by atoms with Crippen molar-refractivity contribution in [2.75, 3.05) is 40.4 Å². The summed E-state index contributed by atoms with van der Waals surface area (Å²) in [5.74, 6) is 1.54. The van der Waals surface area contributed by atoms with Crippen molar-refractivity contribution in [2.24, 2.45) is 0 Å². The zero-order valence-corrected chi connectivity index (χ0v) is 18.0. The van der Waals surface area contributed by atoms with E-state index in [4.69, 9.17) is 32.7 Å². The molecule has 0 unspecified atom stereocenters. The minimum absolute atomic E-state index is 0.118. The van der Waals surface area contributed by atoms with Gasteiger partial charge in [-0.3, -0.25) is 4.90 Å². The summed E-state index contributed by atoms with van der Waals surface area (Å²) in [4.78, 5) is 2.31. The summed E-state index contributed by atoms with van der Waals surface area (Å²) >= 11 is 11.9. The molecule has 0 aromatic heterocycles. The molecule has 3 rings (SSSR count). The van der Waals surface area contributed by atoms with Crippen LogP contribution in [0.2, 0.25) is 10.0 Å². The molecule has 0 radical (unpaired) electrons. The van der Waals surface area contributed by atoms with Gasteiger partial charge in [0.15, 0.2) is 0 Å². The van der Waals surface area contributed by atoms with E-state index in [0.29, 0.717) is 42.8 Å². The Morgan fingerprint density at radius 2 is 1.57 bits per heavy atom. The summed E-state index contributed by atoms with van der Waals surface area (Å²) in [5, 5.41) is 0.602. The first-order valence-corrected chi connectivity index (χ1v) is 10.9. The first-order valence-electron chi connectivity index (χ1n) is 8.73. The van der Waals surface area contributed by atoms with Crippen molar-refractivity contribution in [1.29, 1.82) is 0 Å². The van der Waals surface area contributed by atoms with E-state index in [-0.39, 0.29) is 4.90 Å². The third-order valence-corrected chi connectivity index (χ3v) is 7.00. The molecule has 0 atom stereocenters. The number of sulfonamides is 1. The SMILES string of the molecule is COc1ccc(OC)c(CN2CCN(S(=O)(=O)c3cc(Cl)cc(Cl)c3)CC2)c1. The van der Waals surface area contributed by atoms with Crippen LogP contribution in [-0.4, -0.2) is 58.0 Å². The van der Waals surface area contributed by atoms with Gasteiger partial charge in [0.05, 0.1) is 19.1 Å². The Hall–Kier alpha value is -1.51. The van der Waals surface area contributed by atoms with Crippen molar-refractivity contribution in [1.82, 2.24) is 9.21 Å². The van der Waals surface area contributed by atoms with Crippen molar-refractivity contribution in [3.63, 3.8) is 0 Å². The molecular formula is C19H22Cl2N2O4S. The predicted molar refractivity (Wildman–Crippen MR) is 110 cm³/mol. The van der Waals surface area contributed by atoms with Crippen LogP contribution >= 0.6 is 23.2 Å². The number of hydrogen-bond donors (Lipinski definition) is 0. The summed E-state index contributed by atoms with van der Waals surface area (Å²) in [6, 6.07) is 10.0. The molecule has 2 aromatic rings. The molecule has 0 amide bonds. The van der Waals surface area contributed by atoms with Crippen LogP contribution in [0.15, 0.2) is 41.3 Å². The van der Waals surface area contributed by atoms with E-state index < -0.39 is 10.0 Å². The van der Waals surface area contributed by atoms with Gasteiger partial charge in [-0.25, -0.2) is 8.42 Å². The van der Waals surface area contributed by atoms with E-state index in [1.54, 1.807) is 14.2 Å². The van der Waals surface area contributed by atoms with E-state index >= 15 is 0 Å². The van der Waals surface area contributed by atoms with Crippen molar-refractivity contribution in [3.05, 3.63) is 52.0 Å². The van der Waals surface area contributed by atoms with E-state index in [2.05, 4.69) is 4.90 Å².